The van der Waals surface area contributed by atoms with E-state index in [-0.39, 0.29) is 6.04 Å². The number of rotatable bonds is 6. The first-order chi connectivity index (χ1) is 9.70. The summed E-state index contributed by atoms with van der Waals surface area (Å²) in [6.45, 7) is 2.63. The average Bonchev–Trinajstić information content (AvgIpc) is 2.47. The predicted octanol–water partition coefficient (Wildman–Crippen LogP) is 3.08. The molecule has 0 aliphatic rings. The molecule has 0 fully saturated rings. The molecule has 1 atom stereocenters. The van der Waals surface area contributed by atoms with E-state index in [2.05, 4.69) is 4.98 Å². The Hall–Kier alpha value is -1.91. The van der Waals surface area contributed by atoms with Crippen molar-refractivity contribution in [3.05, 3.63) is 53.7 Å². The monoisotopic (exact) mass is 272 g/mol. The molecule has 1 aromatic carbocycles. The van der Waals surface area contributed by atoms with Crippen LogP contribution in [-0.2, 0) is 11.2 Å². The number of ether oxygens (including phenoxy) is 2. The summed E-state index contributed by atoms with van der Waals surface area (Å²) in [6, 6.07) is 11.6. The van der Waals surface area contributed by atoms with Gasteiger partial charge in [-0.05, 0) is 37.1 Å². The average molecular weight is 272 g/mol. The number of methoxy groups -OCH3 is 1. The Morgan fingerprint density at radius 2 is 1.95 bits per heavy atom. The number of benzene rings is 1. The molecule has 0 amide bonds. The molecule has 2 N–H and O–H groups in total. The van der Waals surface area contributed by atoms with Crippen LogP contribution in [0.1, 0.15) is 24.1 Å². The number of hydrogen-bond donors (Lipinski definition) is 1. The molecule has 0 saturated heterocycles. The van der Waals surface area contributed by atoms with Crippen LogP contribution < -0.4 is 10.5 Å². The van der Waals surface area contributed by atoms with Gasteiger partial charge in [0, 0.05) is 24.9 Å². The third kappa shape index (κ3) is 3.79. The molecule has 106 valence electrons. The van der Waals surface area contributed by atoms with E-state index in [4.69, 9.17) is 15.2 Å². The maximum absolute atomic E-state index is 5.91. The van der Waals surface area contributed by atoms with Gasteiger partial charge < -0.3 is 15.2 Å². The molecule has 0 aliphatic carbocycles. The molecule has 2 rings (SSSR count). The first-order valence-corrected chi connectivity index (χ1v) is 6.67. The zero-order valence-corrected chi connectivity index (χ0v) is 11.9. The van der Waals surface area contributed by atoms with Crippen molar-refractivity contribution in [3.63, 3.8) is 0 Å². The first kappa shape index (κ1) is 14.5. The minimum Gasteiger partial charge on any atom is -0.439 e. The van der Waals surface area contributed by atoms with Crippen molar-refractivity contribution in [3.8, 4) is 11.6 Å². The normalized spacial score (nSPS) is 12.2. The zero-order chi connectivity index (χ0) is 14.4. The fraction of sp³-hybridized carbons (Fsp3) is 0.312. The molecule has 0 radical (unpaired) electrons. The van der Waals surface area contributed by atoms with Crippen LogP contribution in [0.3, 0.4) is 0 Å². The first-order valence-electron chi connectivity index (χ1n) is 6.67. The molecule has 20 heavy (non-hydrogen) atoms. The summed E-state index contributed by atoms with van der Waals surface area (Å²) in [4.78, 5) is 4.25. The van der Waals surface area contributed by atoms with Crippen molar-refractivity contribution in [1.82, 2.24) is 4.98 Å². The molecule has 2 aromatic rings. The molecule has 4 nitrogen and oxygen atoms in total. The van der Waals surface area contributed by atoms with Crippen molar-refractivity contribution >= 4 is 0 Å². The van der Waals surface area contributed by atoms with Gasteiger partial charge in [-0.15, -0.1) is 0 Å². The highest BCUT2D eigenvalue weighted by Crippen LogP contribution is 2.26. The van der Waals surface area contributed by atoms with E-state index in [0.717, 1.165) is 24.3 Å². The maximum Gasteiger partial charge on any atom is 0.223 e. The largest absolute Gasteiger partial charge is 0.439 e. The third-order valence-corrected chi connectivity index (χ3v) is 3.02. The summed E-state index contributed by atoms with van der Waals surface area (Å²) < 4.78 is 10.9. The molecule has 0 saturated carbocycles. The van der Waals surface area contributed by atoms with Crippen LogP contribution in [-0.4, -0.2) is 18.7 Å². The van der Waals surface area contributed by atoms with E-state index in [9.17, 15) is 0 Å². The molecular weight excluding hydrogens is 252 g/mol. The van der Waals surface area contributed by atoms with Gasteiger partial charge >= 0.3 is 0 Å². The van der Waals surface area contributed by atoms with Gasteiger partial charge in [-0.1, -0.05) is 18.2 Å². The van der Waals surface area contributed by atoms with Crippen LogP contribution in [0.5, 0.6) is 11.6 Å². The molecule has 1 unspecified atom stereocenters. The Labute approximate surface area is 119 Å². The lowest BCUT2D eigenvalue weighted by molar-refractivity contribution is 0.202. The van der Waals surface area contributed by atoms with E-state index in [0.29, 0.717) is 5.88 Å². The smallest absolute Gasteiger partial charge is 0.223 e. The molecule has 0 bridgehead atoms. The summed E-state index contributed by atoms with van der Waals surface area (Å²) in [5.74, 6) is 1.32. The Morgan fingerprint density at radius 3 is 2.60 bits per heavy atom. The minimum absolute atomic E-state index is 0.111. The van der Waals surface area contributed by atoms with Gasteiger partial charge in [-0.25, -0.2) is 4.98 Å². The molecule has 0 spiro atoms. The fourth-order valence-corrected chi connectivity index (χ4v) is 1.89. The van der Waals surface area contributed by atoms with Crippen LogP contribution in [0.4, 0.5) is 0 Å². The highest BCUT2D eigenvalue weighted by Gasteiger charge is 2.09. The van der Waals surface area contributed by atoms with E-state index in [1.54, 1.807) is 13.3 Å². The second-order valence-corrected chi connectivity index (χ2v) is 4.68. The van der Waals surface area contributed by atoms with Crippen molar-refractivity contribution in [2.45, 2.75) is 19.4 Å². The maximum atomic E-state index is 5.91. The van der Waals surface area contributed by atoms with Gasteiger partial charge in [0.1, 0.15) is 5.75 Å². The minimum atomic E-state index is -0.111. The van der Waals surface area contributed by atoms with Crippen molar-refractivity contribution in [1.29, 1.82) is 0 Å². The lowest BCUT2D eigenvalue weighted by atomic mass is 10.1. The Balaban J connectivity index is 2.10. The van der Waals surface area contributed by atoms with E-state index < -0.39 is 0 Å². The van der Waals surface area contributed by atoms with Gasteiger partial charge in [-0.3, -0.25) is 0 Å². The van der Waals surface area contributed by atoms with Crippen molar-refractivity contribution in [2.24, 2.45) is 5.73 Å². The Bertz CT molecular complexity index is 538. The summed E-state index contributed by atoms with van der Waals surface area (Å²) in [5.41, 5.74) is 8.03. The molecule has 0 aliphatic heterocycles. The van der Waals surface area contributed by atoms with Crippen LogP contribution in [0, 0.1) is 0 Å². The standard InChI is InChI=1S/C16H20N2O2/c1-12(17)15-4-3-10-18-16(15)20-14-7-5-13(6-8-14)9-11-19-2/h3-8,10,12H,9,11,17H2,1-2H3. The van der Waals surface area contributed by atoms with E-state index in [1.165, 1.54) is 5.56 Å². The summed E-state index contributed by atoms with van der Waals surface area (Å²) in [7, 11) is 1.70. The molecule has 1 aromatic heterocycles. The molecular formula is C16H20N2O2. The Morgan fingerprint density at radius 1 is 1.20 bits per heavy atom. The highest BCUT2D eigenvalue weighted by atomic mass is 16.5. The molecule has 4 heteroatoms. The topological polar surface area (TPSA) is 57.4 Å². The van der Waals surface area contributed by atoms with E-state index in [1.807, 2.05) is 43.3 Å². The third-order valence-electron chi connectivity index (χ3n) is 3.02. The van der Waals surface area contributed by atoms with Crippen LogP contribution in [0.25, 0.3) is 0 Å². The van der Waals surface area contributed by atoms with Crippen LogP contribution in [0.15, 0.2) is 42.6 Å². The predicted molar refractivity (Wildman–Crippen MR) is 78.9 cm³/mol. The summed E-state index contributed by atoms with van der Waals surface area (Å²) >= 11 is 0. The summed E-state index contributed by atoms with van der Waals surface area (Å²) in [6.07, 6.45) is 2.60. The number of nitrogens with zero attached hydrogens (tertiary/aromatic N) is 1. The van der Waals surface area contributed by atoms with Gasteiger partial charge in [0.05, 0.1) is 6.61 Å². The van der Waals surface area contributed by atoms with Crippen LogP contribution in [0.2, 0.25) is 0 Å². The van der Waals surface area contributed by atoms with Gasteiger partial charge in [-0.2, -0.15) is 0 Å². The quantitative estimate of drug-likeness (QED) is 0.878. The molecule has 1 heterocycles. The van der Waals surface area contributed by atoms with Crippen molar-refractivity contribution < 1.29 is 9.47 Å². The van der Waals surface area contributed by atoms with E-state index >= 15 is 0 Å². The number of aromatic nitrogens is 1. The lowest BCUT2D eigenvalue weighted by Gasteiger charge is -2.12. The SMILES string of the molecule is COCCc1ccc(Oc2ncccc2C(C)N)cc1. The fourth-order valence-electron chi connectivity index (χ4n) is 1.89. The Kier molecular flexibility index (Phi) is 5.09. The highest BCUT2D eigenvalue weighted by molar-refractivity contribution is 5.35. The number of pyridine rings is 1. The second kappa shape index (κ2) is 7.03. The van der Waals surface area contributed by atoms with Gasteiger partial charge in [0.15, 0.2) is 0 Å². The lowest BCUT2D eigenvalue weighted by Crippen LogP contribution is -2.07. The number of hydrogen-bond acceptors (Lipinski definition) is 4. The summed E-state index contributed by atoms with van der Waals surface area (Å²) in [5, 5.41) is 0. The van der Waals surface area contributed by atoms with Gasteiger partial charge in [0.2, 0.25) is 5.88 Å². The van der Waals surface area contributed by atoms with Gasteiger partial charge in [0.25, 0.3) is 0 Å². The van der Waals surface area contributed by atoms with Crippen molar-refractivity contribution in [2.75, 3.05) is 13.7 Å². The van der Waals surface area contributed by atoms with Crippen LogP contribution >= 0.6 is 0 Å². The second-order valence-electron chi connectivity index (χ2n) is 4.68. The number of nitrogens with two attached hydrogens (primary N) is 1. The zero-order valence-electron chi connectivity index (χ0n) is 11.9.